The molecule has 0 saturated carbocycles. The van der Waals surface area contributed by atoms with E-state index in [9.17, 15) is 28.1 Å². The number of nitro groups is 1. The number of thioether (sulfide) groups is 1. The van der Waals surface area contributed by atoms with Gasteiger partial charge in [0.15, 0.2) is 11.8 Å². The fourth-order valence-corrected chi connectivity index (χ4v) is 5.23. The molecule has 2 aromatic rings. The van der Waals surface area contributed by atoms with E-state index in [-0.39, 0.29) is 23.5 Å². The summed E-state index contributed by atoms with van der Waals surface area (Å²) in [5.41, 5.74) is 1.18. The molecule has 2 aliphatic heterocycles. The fourth-order valence-electron chi connectivity index (χ4n) is 2.94. The summed E-state index contributed by atoms with van der Waals surface area (Å²) in [6, 6.07) is 9.99. The van der Waals surface area contributed by atoms with Crippen LogP contribution in [0.25, 0.3) is 0 Å². The minimum Gasteiger partial charge on any atom is -0.452 e. The summed E-state index contributed by atoms with van der Waals surface area (Å²) < 4.78 is 32.1. The number of fused-ring (bicyclic) bond motifs is 3. The van der Waals surface area contributed by atoms with Gasteiger partial charge in [0.25, 0.3) is 21.6 Å². The average Bonchev–Trinajstić information content (AvgIpc) is 3.07. The summed E-state index contributed by atoms with van der Waals surface area (Å²) in [6.45, 7) is -0.259. The van der Waals surface area contributed by atoms with E-state index in [0.29, 0.717) is 15.8 Å². The molecule has 0 atom stereocenters. The second kappa shape index (κ2) is 8.00. The first kappa shape index (κ1) is 20.8. The van der Waals surface area contributed by atoms with Crippen molar-refractivity contribution >= 4 is 55.9 Å². The maximum atomic E-state index is 12.3. The van der Waals surface area contributed by atoms with Crippen LogP contribution in [0.2, 0.25) is 0 Å². The van der Waals surface area contributed by atoms with Crippen molar-refractivity contribution in [1.29, 1.82) is 0 Å². The molecule has 0 spiro atoms. The summed E-state index contributed by atoms with van der Waals surface area (Å²) >= 11 is 1.15. The smallest absolute Gasteiger partial charge is 0.338 e. The maximum absolute atomic E-state index is 12.3. The molecule has 0 bridgehead atoms. The highest BCUT2D eigenvalue weighted by atomic mass is 32.2. The number of esters is 1. The fraction of sp³-hybridized carbons (Fsp3) is 0.167. The Bertz CT molecular complexity index is 1230. The van der Waals surface area contributed by atoms with Crippen LogP contribution in [0.5, 0.6) is 0 Å². The Kier molecular flexibility index (Phi) is 5.37. The molecular formula is C18H14N4O7S2. The minimum absolute atomic E-state index is 0.0792. The molecule has 0 radical (unpaired) electrons. The van der Waals surface area contributed by atoms with Crippen LogP contribution in [0.15, 0.2) is 51.8 Å². The summed E-state index contributed by atoms with van der Waals surface area (Å²) in [5.74, 6) is -1.40. The predicted molar refractivity (Wildman–Crippen MR) is 113 cm³/mol. The van der Waals surface area contributed by atoms with Crippen LogP contribution >= 0.6 is 11.8 Å². The van der Waals surface area contributed by atoms with E-state index >= 15 is 0 Å². The average molecular weight is 462 g/mol. The van der Waals surface area contributed by atoms with Crippen molar-refractivity contribution in [1.82, 2.24) is 0 Å². The Morgan fingerprint density at radius 3 is 2.68 bits per heavy atom. The van der Waals surface area contributed by atoms with E-state index in [2.05, 4.69) is 9.71 Å². The van der Waals surface area contributed by atoms with Crippen molar-refractivity contribution in [3.63, 3.8) is 0 Å². The van der Waals surface area contributed by atoms with Crippen molar-refractivity contribution in [2.75, 3.05) is 29.1 Å². The Hall–Kier alpha value is -3.45. The van der Waals surface area contributed by atoms with Crippen LogP contribution in [-0.4, -0.2) is 49.3 Å². The number of non-ortho nitro benzene ring substituents is 1. The van der Waals surface area contributed by atoms with Gasteiger partial charge >= 0.3 is 5.97 Å². The molecule has 4 rings (SSSR count). The van der Waals surface area contributed by atoms with Gasteiger partial charge in [-0.05, 0) is 42.1 Å². The summed E-state index contributed by atoms with van der Waals surface area (Å²) in [5, 5.41) is 13.5. The third-order valence-electron chi connectivity index (χ3n) is 4.40. The van der Waals surface area contributed by atoms with Crippen LogP contribution in [0.4, 0.5) is 17.1 Å². The number of carbonyl (C=O) groups excluding carboxylic acids is 2. The quantitative estimate of drug-likeness (QED) is 0.400. The second-order valence-electron chi connectivity index (χ2n) is 6.52. The van der Waals surface area contributed by atoms with E-state index in [4.69, 9.17) is 4.74 Å². The molecule has 1 N–H and O–H groups in total. The standard InChI is InChI=1S/C18H14N4O7S2/c23-16(19-12-2-4-13(5-3-12)22(25)26)10-29-17(24)11-1-6-14-15(9-11)30-18-20-31(27,28)8-7-21(14)18/h1-6,9H,7-8,10H2,(H,19,23). The number of sulfonamides is 1. The molecule has 2 aliphatic rings. The van der Waals surface area contributed by atoms with Gasteiger partial charge in [-0.1, -0.05) is 0 Å². The molecule has 0 aromatic heterocycles. The Balaban J connectivity index is 1.37. The zero-order valence-corrected chi connectivity index (χ0v) is 17.3. The number of hydrogen-bond donors (Lipinski definition) is 1. The zero-order chi connectivity index (χ0) is 22.2. The van der Waals surface area contributed by atoms with Crippen LogP contribution in [0, 0.1) is 10.1 Å². The molecule has 2 heterocycles. The van der Waals surface area contributed by atoms with Gasteiger partial charge in [0.2, 0.25) is 0 Å². The topological polar surface area (TPSA) is 148 Å². The Morgan fingerprint density at radius 1 is 1.23 bits per heavy atom. The molecule has 13 heteroatoms. The number of nitrogens with zero attached hydrogens (tertiary/aromatic N) is 3. The number of ether oxygens (including phenoxy) is 1. The molecule has 31 heavy (non-hydrogen) atoms. The van der Waals surface area contributed by atoms with Gasteiger partial charge in [0.05, 0.1) is 21.9 Å². The largest absolute Gasteiger partial charge is 0.452 e. The van der Waals surface area contributed by atoms with Crippen molar-refractivity contribution < 1.29 is 27.7 Å². The van der Waals surface area contributed by atoms with Gasteiger partial charge in [-0.3, -0.25) is 14.9 Å². The molecule has 1 amide bonds. The highest BCUT2D eigenvalue weighted by Gasteiger charge is 2.33. The van der Waals surface area contributed by atoms with Crippen LogP contribution in [-0.2, 0) is 19.6 Å². The number of nitrogens with one attached hydrogen (secondary N) is 1. The maximum Gasteiger partial charge on any atom is 0.338 e. The Labute approximate surface area is 180 Å². The van der Waals surface area contributed by atoms with Crippen LogP contribution in [0.3, 0.4) is 0 Å². The molecule has 0 fully saturated rings. The lowest BCUT2D eigenvalue weighted by atomic mass is 10.2. The highest BCUT2D eigenvalue weighted by molar-refractivity contribution is 8.15. The van der Waals surface area contributed by atoms with Gasteiger partial charge in [0.1, 0.15) is 0 Å². The summed E-state index contributed by atoms with van der Waals surface area (Å²) in [6.07, 6.45) is 0. The van der Waals surface area contributed by atoms with Crippen LogP contribution < -0.4 is 10.2 Å². The van der Waals surface area contributed by atoms with Crippen LogP contribution in [0.1, 0.15) is 10.4 Å². The number of anilines is 2. The number of nitro benzene ring substituents is 1. The van der Waals surface area contributed by atoms with Gasteiger partial charge in [-0.2, -0.15) is 0 Å². The predicted octanol–water partition coefficient (Wildman–Crippen LogP) is 2.00. The molecule has 0 unspecified atom stereocenters. The Morgan fingerprint density at radius 2 is 1.97 bits per heavy atom. The van der Waals surface area contributed by atoms with Crippen molar-refractivity contribution in [3.8, 4) is 0 Å². The molecular weight excluding hydrogens is 448 g/mol. The van der Waals surface area contributed by atoms with Crippen molar-refractivity contribution in [3.05, 3.63) is 58.1 Å². The third kappa shape index (κ3) is 4.51. The lowest BCUT2D eigenvalue weighted by molar-refractivity contribution is -0.384. The number of amides is 1. The van der Waals surface area contributed by atoms with E-state index in [1.54, 1.807) is 17.0 Å². The molecule has 0 aliphatic carbocycles. The SMILES string of the molecule is O=C(COC(=O)c1ccc2c(c1)SC1=NS(=O)(=O)CCN12)Nc1ccc([N+](=O)[O-])cc1. The lowest BCUT2D eigenvalue weighted by Gasteiger charge is -2.22. The number of benzene rings is 2. The first-order valence-corrected chi connectivity index (χ1v) is 11.3. The minimum atomic E-state index is -3.48. The van der Waals surface area contributed by atoms with E-state index in [1.165, 1.54) is 30.3 Å². The van der Waals surface area contributed by atoms with Crippen molar-refractivity contribution in [2.24, 2.45) is 4.40 Å². The van der Waals surface area contributed by atoms with Crippen molar-refractivity contribution in [2.45, 2.75) is 4.90 Å². The van der Waals surface area contributed by atoms with E-state index in [0.717, 1.165) is 17.4 Å². The number of carbonyl (C=O) groups is 2. The van der Waals surface area contributed by atoms with Gasteiger partial charge in [0, 0.05) is 29.3 Å². The summed E-state index contributed by atoms with van der Waals surface area (Å²) in [4.78, 5) is 36.8. The number of rotatable bonds is 5. The lowest BCUT2D eigenvalue weighted by Crippen LogP contribution is -2.35. The van der Waals surface area contributed by atoms with Gasteiger partial charge < -0.3 is 15.0 Å². The molecule has 160 valence electrons. The first-order valence-electron chi connectivity index (χ1n) is 8.85. The molecule has 11 nitrogen and oxygen atoms in total. The molecule has 2 aromatic carbocycles. The number of hydrogen-bond acceptors (Lipinski definition) is 9. The second-order valence-corrected chi connectivity index (χ2v) is 9.29. The summed E-state index contributed by atoms with van der Waals surface area (Å²) in [7, 11) is -3.48. The van der Waals surface area contributed by atoms with E-state index < -0.39 is 33.4 Å². The third-order valence-corrected chi connectivity index (χ3v) is 6.71. The highest BCUT2D eigenvalue weighted by Crippen LogP contribution is 2.42. The zero-order valence-electron chi connectivity index (χ0n) is 15.7. The molecule has 0 saturated heterocycles. The van der Waals surface area contributed by atoms with Gasteiger partial charge in [-0.25, -0.2) is 13.2 Å². The first-order chi connectivity index (χ1) is 14.7. The monoisotopic (exact) mass is 462 g/mol. The normalized spacial score (nSPS) is 16.0. The number of amidine groups is 1. The van der Waals surface area contributed by atoms with E-state index in [1.807, 2.05) is 0 Å². The van der Waals surface area contributed by atoms with Gasteiger partial charge in [-0.15, -0.1) is 4.40 Å².